The minimum atomic E-state index is -0.967. The third-order valence-corrected chi connectivity index (χ3v) is 7.81. The molecule has 8 nitrogen and oxygen atoms in total. The number of anilines is 1. The van der Waals surface area contributed by atoms with Crippen molar-refractivity contribution in [3.05, 3.63) is 77.9 Å². The zero-order valence-corrected chi connectivity index (χ0v) is 20.8. The van der Waals surface area contributed by atoms with E-state index in [4.69, 9.17) is 4.98 Å². The number of hydrogen-bond donors (Lipinski definition) is 3. The van der Waals surface area contributed by atoms with Gasteiger partial charge in [0.2, 0.25) is 5.13 Å². The second-order valence-corrected chi connectivity index (χ2v) is 10.3. The van der Waals surface area contributed by atoms with Crippen molar-refractivity contribution in [3.63, 3.8) is 0 Å². The molecule has 0 spiro atoms. The molecule has 1 aliphatic rings. The molecule has 1 fully saturated rings. The molecule has 0 atom stereocenters. The maximum absolute atomic E-state index is 12.8. The Balaban J connectivity index is 1.27. The van der Waals surface area contributed by atoms with E-state index in [0.29, 0.717) is 22.3 Å². The van der Waals surface area contributed by atoms with Crippen LogP contribution in [0, 0.1) is 0 Å². The van der Waals surface area contributed by atoms with Crippen LogP contribution in [0.2, 0.25) is 0 Å². The minimum Gasteiger partial charge on any atom is -0.478 e. The fourth-order valence-electron chi connectivity index (χ4n) is 5.02. The largest absolute Gasteiger partial charge is 0.478 e. The van der Waals surface area contributed by atoms with Gasteiger partial charge < -0.3 is 9.67 Å². The summed E-state index contributed by atoms with van der Waals surface area (Å²) in [4.78, 5) is 33.6. The number of carbonyl (C=O) groups excluding carboxylic acids is 1. The van der Waals surface area contributed by atoms with Gasteiger partial charge in [0.05, 0.1) is 26.8 Å². The lowest BCUT2D eigenvalue weighted by atomic mass is 9.94. The van der Waals surface area contributed by atoms with Gasteiger partial charge in [-0.05, 0) is 55.3 Å². The molecular weight excluding hydrogens is 486 g/mol. The summed E-state index contributed by atoms with van der Waals surface area (Å²) in [6.07, 6.45) is 5.69. The van der Waals surface area contributed by atoms with Gasteiger partial charge in [-0.2, -0.15) is 0 Å². The van der Waals surface area contributed by atoms with E-state index in [1.807, 2.05) is 42.5 Å². The van der Waals surface area contributed by atoms with E-state index in [1.54, 1.807) is 24.3 Å². The SMILES string of the molecule is O=C(O)c1ccc2c(c1)nc(-c1ccc(C(=O)NNc3nc4ccccc4s3)cc1)n2C1CCCCC1. The molecule has 0 saturated heterocycles. The molecule has 3 aromatic carbocycles. The standard InChI is InChI=1S/C28H25N5O3S/c34-26(31-32-28-30-21-8-4-5-9-24(21)37-28)18-12-10-17(11-13-18)25-29-22-16-19(27(35)36)14-15-23(22)33(25)20-6-2-1-3-7-20/h4-5,8-16,20H,1-3,6-7H2,(H,30,32)(H,31,34)(H,35,36). The first-order chi connectivity index (χ1) is 18.1. The average Bonchev–Trinajstić information content (AvgIpc) is 3.53. The highest BCUT2D eigenvalue weighted by atomic mass is 32.1. The number of rotatable bonds is 6. The lowest BCUT2D eigenvalue weighted by Crippen LogP contribution is -2.29. The molecule has 37 heavy (non-hydrogen) atoms. The molecule has 3 N–H and O–H groups in total. The van der Waals surface area contributed by atoms with Crippen molar-refractivity contribution in [2.45, 2.75) is 38.1 Å². The van der Waals surface area contributed by atoms with Crippen molar-refractivity contribution >= 4 is 49.6 Å². The number of fused-ring (bicyclic) bond motifs is 2. The Kier molecular flexibility index (Phi) is 6.05. The Morgan fingerprint density at radius 1 is 0.892 bits per heavy atom. The molecular formula is C28H25N5O3S. The first-order valence-electron chi connectivity index (χ1n) is 12.3. The molecule has 2 heterocycles. The highest BCUT2D eigenvalue weighted by Gasteiger charge is 2.23. The van der Waals surface area contributed by atoms with Crippen molar-refractivity contribution in [2.75, 3.05) is 5.43 Å². The summed E-state index contributed by atoms with van der Waals surface area (Å²) in [7, 11) is 0. The number of carbonyl (C=O) groups is 2. The topological polar surface area (TPSA) is 109 Å². The van der Waals surface area contributed by atoms with Gasteiger partial charge in [-0.15, -0.1) is 0 Å². The zero-order chi connectivity index (χ0) is 25.4. The Morgan fingerprint density at radius 3 is 2.41 bits per heavy atom. The highest BCUT2D eigenvalue weighted by Crippen LogP contribution is 2.36. The molecule has 0 aliphatic heterocycles. The van der Waals surface area contributed by atoms with Gasteiger partial charge >= 0.3 is 5.97 Å². The molecule has 1 aliphatic carbocycles. The number of aromatic nitrogens is 3. The summed E-state index contributed by atoms with van der Waals surface area (Å²) < 4.78 is 3.30. The van der Waals surface area contributed by atoms with Gasteiger partial charge in [0.15, 0.2) is 0 Å². The van der Waals surface area contributed by atoms with E-state index in [-0.39, 0.29) is 11.5 Å². The van der Waals surface area contributed by atoms with E-state index in [9.17, 15) is 14.7 Å². The van der Waals surface area contributed by atoms with Crippen molar-refractivity contribution in [1.82, 2.24) is 20.0 Å². The number of carboxylic acids is 1. The molecule has 0 radical (unpaired) electrons. The summed E-state index contributed by atoms with van der Waals surface area (Å²) >= 11 is 1.47. The molecule has 186 valence electrons. The van der Waals surface area contributed by atoms with Crippen molar-refractivity contribution in [3.8, 4) is 11.4 Å². The van der Waals surface area contributed by atoms with Crippen LogP contribution in [0.25, 0.3) is 32.6 Å². The van der Waals surface area contributed by atoms with Crippen LogP contribution in [0.3, 0.4) is 0 Å². The van der Waals surface area contributed by atoms with Crippen LogP contribution in [-0.2, 0) is 0 Å². The van der Waals surface area contributed by atoms with Crippen LogP contribution in [0.1, 0.15) is 58.9 Å². The zero-order valence-electron chi connectivity index (χ0n) is 20.0. The minimum absolute atomic E-state index is 0.222. The summed E-state index contributed by atoms with van der Waals surface area (Å²) in [5.41, 5.74) is 9.72. The van der Waals surface area contributed by atoms with Gasteiger partial charge in [0, 0.05) is 17.2 Å². The number of thiazole rings is 1. The molecule has 0 unspecified atom stereocenters. The van der Waals surface area contributed by atoms with Gasteiger partial charge in [-0.3, -0.25) is 15.6 Å². The quantitative estimate of drug-likeness (QED) is 0.232. The fourth-order valence-corrected chi connectivity index (χ4v) is 5.84. The molecule has 2 aromatic heterocycles. The van der Waals surface area contributed by atoms with Crippen LogP contribution in [0.15, 0.2) is 66.7 Å². The maximum atomic E-state index is 12.8. The third kappa shape index (κ3) is 4.53. The summed E-state index contributed by atoms with van der Waals surface area (Å²) in [5, 5.41) is 10.1. The van der Waals surface area contributed by atoms with E-state index in [2.05, 4.69) is 20.4 Å². The van der Waals surface area contributed by atoms with E-state index < -0.39 is 5.97 Å². The summed E-state index contributed by atoms with van der Waals surface area (Å²) in [5.74, 6) is -0.438. The molecule has 1 saturated carbocycles. The lowest BCUT2D eigenvalue weighted by Gasteiger charge is -2.25. The van der Waals surface area contributed by atoms with Crippen LogP contribution in [0.5, 0.6) is 0 Å². The van der Waals surface area contributed by atoms with E-state index in [0.717, 1.165) is 52.8 Å². The third-order valence-electron chi connectivity index (χ3n) is 6.86. The predicted molar refractivity (Wildman–Crippen MR) is 145 cm³/mol. The maximum Gasteiger partial charge on any atom is 0.335 e. The van der Waals surface area contributed by atoms with Crippen LogP contribution in [0.4, 0.5) is 5.13 Å². The number of hydrogen-bond acceptors (Lipinski definition) is 6. The van der Waals surface area contributed by atoms with Gasteiger partial charge in [0.1, 0.15) is 5.82 Å². The molecule has 1 amide bonds. The van der Waals surface area contributed by atoms with Crippen molar-refractivity contribution in [2.24, 2.45) is 0 Å². The number of nitrogens with one attached hydrogen (secondary N) is 2. The number of hydrazine groups is 1. The summed E-state index contributed by atoms with van der Waals surface area (Å²) in [6, 6.07) is 20.6. The Hall–Kier alpha value is -4.24. The normalized spacial score (nSPS) is 14.2. The summed E-state index contributed by atoms with van der Waals surface area (Å²) in [6.45, 7) is 0. The second kappa shape index (κ2) is 9.67. The Labute approximate surface area is 217 Å². The molecule has 6 rings (SSSR count). The van der Waals surface area contributed by atoms with Gasteiger partial charge in [0.25, 0.3) is 5.91 Å². The van der Waals surface area contributed by atoms with Crippen molar-refractivity contribution in [1.29, 1.82) is 0 Å². The smallest absolute Gasteiger partial charge is 0.335 e. The number of benzene rings is 3. The Morgan fingerprint density at radius 2 is 1.65 bits per heavy atom. The lowest BCUT2D eigenvalue weighted by molar-refractivity contribution is 0.0696. The average molecular weight is 512 g/mol. The number of nitrogens with zero attached hydrogens (tertiary/aromatic N) is 3. The molecule has 5 aromatic rings. The van der Waals surface area contributed by atoms with Crippen molar-refractivity contribution < 1.29 is 14.7 Å². The Bertz CT molecular complexity index is 1580. The number of aromatic carboxylic acids is 1. The predicted octanol–water partition coefficient (Wildman–Crippen LogP) is 6.27. The fraction of sp³-hybridized carbons (Fsp3) is 0.214. The van der Waals surface area contributed by atoms with Crippen LogP contribution < -0.4 is 10.9 Å². The number of imidazole rings is 1. The van der Waals surface area contributed by atoms with Crippen LogP contribution in [-0.4, -0.2) is 31.5 Å². The number of carboxylic acid groups (broad SMARTS) is 1. The first kappa shape index (κ1) is 23.2. The van der Waals surface area contributed by atoms with Crippen LogP contribution >= 0.6 is 11.3 Å². The molecule has 0 bridgehead atoms. The second-order valence-electron chi connectivity index (χ2n) is 9.25. The number of amides is 1. The van der Waals surface area contributed by atoms with Gasteiger partial charge in [-0.1, -0.05) is 54.9 Å². The van der Waals surface area contributed by atoms with Gasteiger partial charge in [-0.25, -0.2) is 14.8 Å². The van der Waals surface area contributed by atoms with E-state index in [1.165, 1.54) is 17.8 Å². The first-order valence-corrected chi connectivity index (χ1v) is 13.2. The highest BCUT2D eigenvalue weighted by molar-refractivity contribution is 7.22. The molecule has 9 heteroatoms. The monoisotopic (exact) mass is 511 g/mol. The van der Waals surface area contributed by atoms with E-state index >= 15 is 0 Å². The number of para-hydroxylation sites is 1.